The largest absolute Gasteiger partial charge is 0.460 e. The van der Waals surface area contributed by atoms with Crippen LogP contribution in [0.1, 0.15) is 39.7 Å². The minimum Gasteiger partial charge on any atom is -0.460 e. The highest BCUT2D eigenvalue weighted by molar-refractivity contribution is 6.11. The van der Waals surface area contributed by atoms with E-state index >= 15 is 0 Å². The van der Waals surface area contributed by atoms with Gasteiger partial charge in [0.15, 0.2) is 5.76 Å². The van der Waals surface area contributed by atoms with Crippen LogP contribution in [0.15, 0.2) is 120 Å². The van der Waals surface area contributed by atoms with Crippen LogP contribution in [0.25, 0.3) is 6.08 Å². The number of amides is 1. The van der Waals surface area contributed by atoms with E-state index in [1.807, 2.05) is 56.3 Å². The van der Waals surface area contributed by atoms with Crippen molar-refractivity contribution in [1.82, 2.24) is 4.90 Å². The second-order valence-corrected chi connectivity index (χ2v) is 9.63. The normalized spacial score (nSPS) is 19.3. The second-order valence-electron chi connectivity index (χ2n) is 9.63. The summed E-state index contributed by atoms with van der Waals surface area (Å²) in [6.07, 6.45) is 21.1. The first-order chi connectivity index (χ1) is 19.8. The zero-order chi connectivity index (χ0) is 29.8. The van der Waals surface area contributed by atoms with Gasteiger partial charge in [-0.25, -0.2) is 9.79 Å². The standard InChI is InChI=1S/C34H39N3O4/c1-7-10-11-14-28(9-3)37(30-15-12-13-26(6)23-30)29-18-16-27(17-19-29)24-31-32(38)36(34(41-31)35-20-8-2)21-22-40-33(39)25(4)5/h7-12,14-19,23-24,26H,2,4,13,20-22H2,1,3,5-6H3/b10-7-,14-11-,28-9+,31-24+,35-34?. The van der Waals surface area contributed by atoms with Gasteiger partial charge in [0, 0.05) is 22.7 Å². The molecule has 1 aromatic rings. The molecule has 41 heavy (non-hydrogen) atoms. The number of hydrogen-bond acceptors (Lipinski definition) is 6. The lowest BCUT2D eigenvalue weighted by Gasteiger charge is -2.29. The van der Waals surface area contributed by atoms with E-state index in [4.69, 9.17) is 9.47 Å². The minimum atomic E-state index is -0.514. The van der Waals surface area contributed by atoms with E-state index in [0.717, 1.165) is 29.1 Å². The number of ether oxygens (including phenoxy) is 2. The van der Waals surface area contributed by atoms with Crippen molar-refractivity contribution >= 4 is 29.7 Å². The van der Waals surface area contributed by atoms with Gasteiger partial charge in [0.25, 0.3) is 5.91 Å². The molecule has 1 heterocycles. The molecule has 3 rings (SSSR count). The van der Waals surface area contributed by atoms with Gasteiger partial charge in [-0.2, -0.15) is 0 Å². The average Bonchev–Trinajstić information content (AvgIpc) is 3.25. The van der Waals surface area contributed by atoms with E-state index < -0.39 is 5.97 Å². The lowest BCUT2D eigenvalue weighted by atomic mass is 10.00. The molecule has 0 aromatic heterocycles. The third kappa shape index (κ3) is 8.42. The second kappa shape index (κ2) is 15.2. The van der Waals surface area contributed by atoms with Crippen molar-refractivity contribution in [3.8, 4) is 0 Å². The average molecular weight is 554 g/mol. The third-order valence-electron chi connectivity index (χ3n) is 6.22. The summed E-state index contributed by atoms with van der Waals surface area (Å²) in [6.45, 7) is 15.4. The molecular weight excluding hydrogens is 514 g/mol. The number of allylic oxidation sites excluding steroid dienone is 8. The Balaban J connectivity index is 1.87. The highest BCUT2D eigenvalue weighted by Gasteiger charge is 2.34. The number of nitrogens with zero attached hydrogens (tertiary/aromatic N) is 3. The summed E-state index contributed by atoms with van der Waals surface area (Å²) in [5.74, 6) is -0.297. The fourth-order valence-corrected chi connectivity index (χ4v) is 4.17. The maximum atomic E-state index is 13.2. The molecule has 0 radical (unpaired) electrons. The fraction of sp³-hybridized carbons (Fsp3) is 0.265. The van der Waals surface area contributed by atoms with Crippen LogP contribution >= 0.6 is 0 Å². The molecule has 1 fully saturated rings. The number of amidine groups is 1. The van der Waals surface area contributed by atoms with Gasteiger partial charge in [-0.05, 0) is 69.0 Å². The van der Waals surface area contributed by atoms with Crippen LogP contribution in [-0.4, -0.2) is 42.5 Å². The zero-order valence-corrected chi connectivity index (χ0v) is 24.4. The maximum Gasteiger partial charge on any atom is 0.333 e. The van der Waals surface area contributed by atoms with E-state index in [9.17, 15) is 9.59 Å². The third-order valence-corrected chi connectivity index (χ3v) is 6.22. The molecule has 1 atom stereocenters. The Morgan fingerprint density at radius 1 is 1.24 bits per heavy atom. The molecule has 1 saturated heterocycles. The van der Waals surface area contributed by atoms with Gasteiger partial charge in [-0.3, -0.25) is 9.69 Å². The Hall–Kier alpha value is -4.65. The van der Waals surface area contributed by atoms with Crippen molar-refractivity contribution in [3.63, 3.8) is 0 Å². The van der Waals surface area contributed by atoms with Gasteiger partial charge >= 0.3 is 12.0 Å². The topological polar surface area (TPSA) is 71.4 Å². The van der Waals surface area contributed by atoms with Gasteiger partial charge in [-0.15, -0.1) is 6.58 Å². The molecule has 0 saturated carbocycles. The molecule has 0 spiro atoms. The molecule has 214 valence electrons. The Bertz CT molecular complexity index is 1360. The number of aliphatic imine (C=N–C) groups is 1. The Kier molecular flexibility index (Phi) is 11.5. The molecule has 0 N–H and O–H groups in total. The Labute approximate surface area is 243 Å². The van der Waals surface area contributed by atoms with Crippen LogP contribution in [0.5, 0.6) is 0 Å². The number of anilines is 1. The van der Waals surface area contributed by atoms with Crippen molar-refractivity contribution in [3.05, 3.63) is 120 Å². The minimum absolute atomic E-state index is 0.00952. The Morgan fingerprint density at radius 2 is 2.00 bits per heavy atom. The van der Waals surface area contributed by atoms with Crippen LogP contribution in [0.3, 0.4) is 0 Å². The monoisotopic (exact) mass is 553 g/mol. The van der Waals surface area contributed by atoms with Crippen molar-refractivity contribution in [2.75, 3.05) is 24.6 Å². The van der Waals surface area contributed by atoms with Crippen molar-refractivity contribution < 1.29 is 19.1 Å². The molecule has 1 aromatic carbocycles. The first kappa shape index (κ1) is 30.9. The van der Waals surface area contributed by atoms with Crippen LogP contribution in [0.4, 0.5) is 5.69 Å². The number of carbonyl (C=O) groups excluding carboxylic acids is 2. The van der Waals surface area contributed by atoms with Crippen LogP contribution in [-0.2, 0) is 19.1 Å². The number of hydrogen-bond donors (Lipinski definition) is 0. The van der Waals surface area contributed by atoms with Crippen LogP contribution in [0, 0.1) is 5.92 Å². The van der Waals surface area contributed by atoms with Crippen LogP contribution < -0.4 is 4.90 Å². The first-order valence-electron chi connectivity index (χ1n) is 13.7. The van der Waals surface area contributed by atoms with Crippen molar-refractivity contribution in [2.24, 2.45) is 10.9 Å². The lowest BCUT2D eigenvalue weighted by molar-refractivity contribution is -0.140. The highest BCUT2D eigenvalue weighted by Crippen LogP contribution is 2.30. The van der Waals surface area contributed by atoms with E-state index in [1.54, 1.807) is 19.1 Å². The molecule has 0 bridgehead atoms. The van der Waals surface area contributed by atoms with E-state index in [1.165, 1.54) is 4.90 Å². The van der Waals surface area contributed by atoms with E-state index in [-0.39, 0.29) is 43.0 Å². The van der Waals surface area contributed by atoms with Crippen LogP contribution in [0.2, 0.25) is 0 Å². The number of esters is 1. The molecule has 1 aliphatic heterocycles. The highest BCUT2D eigenvalue weighted by atomic mass is 16.5. The van der Waals surface area contributed by atoms with Gasteiger partial charge in [-0.1, -0.05) is 68.2 Å². The summed E-state index contributed by atoms with van der Waals surface area (Å²) in [7, 11) is 0. The van der Waals surface area contributed by atoms with Crippen molar-refractivity contribution in [1.29, 1.82) is 0 Å². The summed E-state index contributed by atoms with van der Waals surface area (Å²) in [5, 5.41) is 0. The molecule has 1 amide bonds. The maximum absolute atomic E-state index is 13.2. The summed E-state index contributed by atoms with van der Waals surface area (Å²) < 4.78 is 11.0. The van der Waals surface area contributed by atoms with Gasteiger partial charge in [0.2, 0.25) is 0 Å². The summed E-state index contributed by atoms with van der Waals surface area (Å²) in [6, 6.07) is 8.08. The molecule has 1 unspecified atom stereocenters. The smallest absolute Gasteiger partial charge is 0.333 e. The fourth-order valence-electron chi connectivity index (χ4n) is 4.17. The summed E-state index contributed by atoms with van der Waals surface area (Å²) in [4.78, 5) is 32.8. The quantitative estimate of drug-likeness (QED) is 0.122. The van der Waals surface area contributed by atoms with Crippen molar-refractivity contribution in [2.45, 2.75) is 34.1 Å². The van der Waals surface area contributed by atoms with E-state index in [0.29, 0.717) is 5.92 Å². The molecule has 7 nitrogen and oxygen atoms in total. The SMILES string of the molecule is C=CCN=C1O/C(=C/c2ccc(N(C3=CC(C)CC=C3)C(/C=C\C=C/C)=C/C)cc2)C(=O)N1CCOC(=O)C(=C)C. The molecular formula is C34H39N3O4. The number of rotatable bonds is 12. The zero-order valence-electron chi connectivity index (χ0n) is 24.4. The summed E-state index contributed by atoms with van der Waals surface area (Å²) >= 11 is 0. The Morgan fingerprint density at radius 3 is 2.63 bits per heavy atom. The predicted octanol–water partition coefficient (Wildman–Crippen LogP) is 6.87. The molecule has 1 aliphatic carbocycles. The summed E-state index contributed by atoms with van der Waals surface area (Å²) in [5.41, 5.74) is 4.22. The molecule has 7 heteroatoms. The van der Waals surface area contributed by atoms with E-state index in [2.05, 4.69) is 60.4 Å². The number of benzene rings is 1. The molecule has 2 aliphatic rings. The van der Waals surface area contributed by atoms with Gasteiger partial charge in [0.1, 0.15) is 6.61 Å². The first-order valence-corrected chi connectivity index (χ1v) is 13.7. The number of carbonyl (C=O) groups is 2. The van der Waals surface area contributed by atoms with Gasteiger partial charge in [0.05, 0.1) is 13.1 Å². The van der Waals surface area contributed by atoms with Gasteiger partial charge < -0.3 is 14.4 Å². The lowest BCUT2D eigenvalue weighted by Crippen LogP contribution is -2.33. The predicted molar refractivity (Wildman–Crippen MR) is 167 cm³/mol.